The Morgan fingerprint density at radius 1 is 1.16 bits per heavy atom. The summed E-state index contributed by atoms with van der Waals surface area (Å²) in [6.07, 6.45) is 3.63. The van der Waals surface area contributed by atoms with Crippen LogP contribution in [0.1, 0.15) is 62.5 Å². The molecule has 8 heteroatoms. The Morgan fingerprint density at radius 2 is 1.94 bits per heavy atom. The lowest BCUT2D eigenvalue weighted by atomic mass is 9.86. The normalized spacial score (nSPS) is 18.5. The van der Waals surface area contributed by atoms with Crippen LogP contribution in [0.3, 0.4) is 0 Å². The molecule has 1 aliphatic heterocycles. The molecular formula is C24H30N6O2. The van der Waals surface area contributed by atoms with Gasteiger partial charge in [-0.1, -0.05) is 33.3 Å². The van der Waals surface area contributed by atoms with Crippen LogP contribution in [0, 0.1) is 5.92 Å². The van der Waals surface area contributed by atoms with E-state index in [9.17, 15) is 9.59 Å². The van der Waals surface area contributed by atoms with E-state index in [4.69, 9.17) is 0 Å². The predicted octanol–water partition coefficient (Wildman–Crippen LogP) is 3.87. The van der Waals surface area contributed by atoms with Crippen LogP contribution < -0.4 is 10.2 Å². The molecule has 1 aromatic carbocycles. The van der Waals surface area contributed by atoms with Gasteiger partial charge in [0, 0.05) is 42.5 Å². The number of hydrogen-bond acceptors (Lipinski definition) is 5. The van der Waals surface area contributed by atoms with Crippen molar-refractivity contribution in [2.75, 3.05) is 24.3 Å². The fraction of sp³-hybridized carbons (Fsp3) is 0.458. The number of amides is 2. The van der Waals surface area contributed by atoms with Gasteiger partial charge in [0.15, 0.2) is 0 Å². The molecule has 8 nitrogen and oxygen atoms in total. The molecule has 1 N–H and O–H groups in total. The summed E-state index contributed by atoms with van der Waals surface area (Å²) in [6.45, 7) is 6.13. The minimum atomic E-state index is -0.263. The Morgan fingerprint density at radius 3 is 2.66 bits per heavy atom. The molecule has 1 saturated carbocycles. The first-order valence-corrected chi connectivity index (χ1v) is 11.0. The van der Waals surface area contributed by atoms with Crippen LogP contribution in [-0.4, -0.2) is 47.4 Å². The van der Waals surface area contributed by atoms with Gasteiger partial charge in [-0.2, -0.15) is 14.8 Å². The molecule has 1 aliphatic carbocycles. The van der Waals surface area contributed by atoms with E-state index in [1.807, 2.05) is 64.0 Å². The lowest BCUT2D eigenvalue weighted by molar-refractivity contribution is -0.120. The maximum absolute atomic E-state index is 13.1. The van der Waals surface area contributed by atoms with Crippen molar-refractivity contribution in [1.29, 1.82) is 0 Å². The fourth-order valence-electron chi connectivity index (χ4n) is 3.92. The fourth-order valence-corrected chi connectivity index (χ4v) is 3.92. The molecule has 0 saturated heterocycles. The lowest BCUT2D eigenvalue weighted by Gasteiger charge is -2.24. The van der Waals surface area contributed by atoms with Crippen molar-refractivity contribution in [3.63, 3.8) is 0 Å². The lowest BCUT2D eigenvalue weighted by Crippen LogP contribution is -2.34. The zero-order valence-electron chi connectivity index (χ0n) is 19.3. The van der Waals surface area contributed by atoms with E-state index in [1.54, 1.807) is 6.07 Å². The number of nitrogens with zero attached hydrogens (tertiary/aromatic N) is 5. The van der Waals surface area contributed by atoms with E-state index < -0.39 is 0 Å². The van der Waals surface area contributed by atoms with Gasteiger partial charge in [0.1, 0.15) is 5.82 Å². The molecule has 0 radical (unpaired) electrons. The molecule has 1 unspecified atom stereocenters. The van der Waals surface area contributed by atoms with E-state index in [1.165, 1.54) is 4.68 Å². The third-order valence-electron chi connectivity index (χ3n) is 5.86. The van der Waals surface area contributed by atoms with Gasteiger partial charge in [0.05, 0.1) is 11.6 Å². The molecule has 4 rings (SSSR count). The van der Waals surface area contributed by atoms with Crippen LogP contribution in [0.15, 0.2) is 40.3 Å². The zero-order chi connectivity index (χ0) is 23.0. The molecule has 0 spiro atoms. The second-order valence-electron chi connectivity index (χ2n) is 9.63. The summed E-state index contributed by atoms with van der Waals surface area (Å²) in [5.41, 5.74) is 2.85. The van der Waals surface area contributed by atoms with Gasteiger partial charge in [-0.05, 0) is 37.5 Å². The van der Waals surface area contributed by atoms with Gasteiger partial charge in [0.25, 0.3) is 17.8 Å². The Labute approximate surface area is 188 Å². The number of anilines is 2. The highest BCUT2D eigenvalue weighted by atomic mass is 16.2. The molecule has 2 amide bonds. The molecule has 168 valence electrons. The second-order valence-corrected chi connectivity index (χ2v) is 9.63. The molecule has 2 aromatic rings. The average Bonchev–Trinajstić information content (AvgIpc) is 3.18. The molecule has 1 aromatic heterocycles. The van der Waals surface area contributed by atoms with Crippen molar-refractivity contribution in [3.8, 4) is 0 Å². The first-order chi connectivity index (χ1) is 15.1. The van der Waals surface area contributed by atoms with Crippen molar-refractivity contribution in [1.82, 2.24) is 9.78 Å². The van der Waals surface area contributed by atoms with E-state index >= 15 is 0 Å². The van der Waals surface area contributed by atoms with Crippen molar-refractivity contribution >= 4 is 35.0 Å². The third kappa shape index (κ3) is 4.35. The van der Waals surface area contributed by atoms with Crippen molar-refractivity contribution in [3.05, 3.63) is 41.6 Å². The van der Waals surface area contributed by atoms with E-state index in [0.29, 0.717) is 11.4 Å². The smallest absolute Gasteiger partial charge is 0.257 e. The first kappa shape index (κ1) is 21.9. The summed E-state index contributed by atoms with van der Waals surface area (Å²) < 4.78 is 1.49. The van der Waals surface area contributed by atoms with Crippen LogP contribution in [0.5, 0.6) is 0 Å². The highest BCUT2D eigenvalue weighted by molar-refractivity contribution is 6.16. The first-order valence-electron chi connectivity index (χ1n) is 11.0. The second kappa shape index (κ2) is 8.33. The number of aliphatic imine (C=N–C) groups is 2. The van der Waals surface area contributed by atoms with Crippen LogP contribution in [0.4, 0.5) is 11.5 Å². The van der Waals surface area contributed by atoms with Crippen LogP contribution in [0.25, 0.3) is 0 Å². The number of benzene rings is 1. The van der Waals surface area contributed by atoms with Crippen molar-refractivity contribution in [2.45, 2.75) is 51.9 Å². The summed E-state index contributed by atoms with van der Waals surface area (Å²) in [5.74, 6) is 0.0167. The number of nitrogens with one attached hydrogen (secondary N) is 1. The van der Waals surface area contributed by atoms with E-state index in [-0.39, 0.29) is 29.1 Å². The average molecular weight is 435 g/mol. The summed E-state index contributed by atoms with van der Waals surface area (Å²) in [7, 11) is 3.86. The van der Waals surface area contributed by atoms with Crippen LogP contribution in [0.2, 0.25) is 0 Å². The molecule has 2 aliphatic rings. The number of rotatable bonds is 3. The molecule has 32 heavy (non-hydrogen) atoms. The molecule has 1 fully saturated rings. The standard InChI is InChI=1S/C24H30N6O2/c1-24(2,3)19-14-20(26-21(31)15-9-8-10-16(13-15)29(4)5)30(28-19)23-25-18-12-7-6-11-17(18)22(32)27-23/h8-10,13-14,17H,6-7,11-12H2,1-5H3,(H,26,31). The maximum atomic E-state index is 13.1. The van der Waals surface area contributed by atoms with E-state index in [0.717, 1.165) is 42.8 Å². The minimum absolute atomic E-state index is 0.173. The summed E-state index contributed by atoms with van der Waals surface area (Å²) >= 11 is 0. The van der Waals surface area contributed by atoms with Crippen molar-refractivity contribution in [2.24, 2.45) is 15.9 Å². The number of fused-ring (bicyclic) bond motifs is 1. The van der Waals surface area contributed by atoms with Gasteiger partial charge >= 0.3 is 0 Å². The quantitative estimate of drug-likeness (QED) is 0.794. The molecule has 1 atom stereocenters. The number of carbonyl (C=O) groups is 2. The predicted molar refractivity (Wildman–Crippen MR) is 127 cm³/mol. The number of carbonyl (C=O) groups excluding carboxylic acids is 2. The zero-order valence-corrected chi connectivity index (χ0v) is 19.3. The molecule has 0 bridgehead atoms. The van der Waals surface area contributed by atoms with Gasteiger partial charge in [-0.15, -0.1) is 0 Å². The largest absolute Gasteiger partial charge is 0.378 e. The van der Waals surface area contributed by atoms with Gasteiger partial charge in [0.2, 0.25) is 0 Å². The molecular weight excluding hydrogens is 404 g/mol. The van der Waals surface area contributed by atoms with Gasteiger partial charge < -0.3 is 10.2 Å². The Balaban J connectivity index is 1.71. The topological polar surface area (TPSA) is 92.0 Å². The Hall–Kier alpha value is -3.29. The summed E-state index contributed by atoms with van der Waals surface area (Å²) in [5, 5.41) is 7.62. The monoisotopic (exact) mass is 434 g/mol. The van der Waals surface area contributed by atoms with Gasteiger partial charge in [-0.3, -0.25) is 9.59 Å². The number of aromatic nitrogens is 2. The Kier molecular flexibility index (Phi) is 5.71. The minimum Gasteiger partial charge on any atom is -0.378 e. The highest BCUT2D eigenvalue weighted by Gasteiger charge is 2.33. The highest BCUT2D eigenvalue weighted by Crippen LogP contribution is 2.28. The molecule has 2 heterocycles. The van der Waals surface area contributed by atoms with Crippen LogP contribution in [-0.2, 0) is 10.2 Å². The van der Waals surface area contributed by atoms with Crippen LogP contribution >= 0.6 is 0 Å². The summed E-state index contributed by atoms with van der Waals surface area (Å²) in [6, 6.07) is 9.21. The SMILES string of the molecule is CN(C)c1cccc(C(=O)Nc2cc(C(C)(C)C)nn2C2=NC(=O)C3CCCCC3=N2)c1. The van der Waals surface area contributed by atoms with E-state index in [2.05, 4.69) is 20.4 Å². The summed E-state index contributed by atoms with van der Waals surface area (Å²) in [4.78, 5) is 36.6. The maximum Gasteiger partial charge on any atom is 0.257 e. The van der Waals surface area contributed by atoms with Gasteiger partial charge in [-0.25, -0.2) is 4.99 Å². The Bertz CT molecular complexity index is 1120. The number of hydrogen-bond donors (Lipinski definition) is 1. The third-order valence-corrected chi connectivity index (χ3v) is 5.86. The van der Waals surface area contributed by atoms with Crippen molar-refractivity contribution < 1.29 is 9.59 Å².